The van der Waals surface area contributed by atoms with Crippen molar-refractivity contribution in [3.63, 3.8) is 0 Å². The summed E-state index contributed by atoms with van der Waals surface area (Å²) in [4.78, 5) is 12.3. The van der Waals surface area contributed by atoms with Crippen molar-refractivity contribution in [2.24, 2.45) is 0 Å². The predicted molar refractivity (Wildman–Crippen MR) is 102 cm³/mol. The van der Waals surface area contributed by atoms with Crippen molar-refractivity contribution in [2.75, 3.05) is 6.61 Å². The highest BCUT2D eigenvalue weighted by atomic mass is 16.5. The lowest BCUT2D eigenvalue weighted by Gasteiger charge is -2.03. The van der Waals surface area contributed by atoms with E-state index in [9.17, 15) is 4.79 Å². The molecule has 0 aromatic heterocycles. The molecule has 0 unspecified atom stereocenters. The molecule has 0 saturated carbocycles. The summed E-state index contributed by atoms with van der Waals surface area (Å²) < 4.78 is 5.62. The van der Waals surface area contributed by atoms with Crippen LogP contribution in [0.5, 0.6) is 0 Å². The van der Waals surface area contributed by atoms with Crippen molar-refractivity contribution in [3.05, 3.63) is 83.9 Å². The van der Waals surface area contributed by atoms with E-state index in [0.717, 1.165) is 24.0 Å². The lowest BCUT2D eigenvalue weighted by molar-refractivity contribution is 0.0980. The van der Waals surface area contributed by atoms with Crippen LogP contribution in [0.4, 0.5) is 0 Å². The molecule has 2 aromatic carbocycles. The van der Waals surface area contributed by atoms with Crippen LogP contribution in [0, 0.1) is 11.8 Å². The molecule has 0 radical (unpaired) electrons. The molecule has 2 heteroatoms. The first kappa shape index (κ1) is 18.7. The van der Waals surface area contributed by atoms with E-state index in [0.29, 0.717) is 31.6 Å². The van der Waals surface area contributed by atoms with E-state index in [1.165, 1.54) is 0 Å². The standard InChI is InChI=1S/C23H24O2/c1-2-3-5-17-23(24)22-16-9-8-14-21(22)15-10-11-18-25-19-20-12-6-4-7-13-20/h2,4,6-9,12-14,16H,1,3,5,11,17-19H2. The highest BCUT2D eigenvalue weighted by Gasteiger charge is 2.08. The fourth-order valence-corrected chi connectivity index (χ4v) is 2.42. The van der Waals surface area contributed by atoms with Crippen LogP contribution in [0.2, 0.25) is 0 Å². The van der Waals surface area contributed by atoms with Gasteiger partial charge in [0.25, 0.3) is 0 Å². The summed E-state index contributed by atoms with van der Waals surface area (Å²) in [5, 5.41) is 0. The molecule has 2 rings (SSSR count). The summed E-state index contributed by atoms with van der Waals surface area (Å²) in [6, 6.07) is 17.6. The monoisotopic (exact) mass is 332 g/mol. The summed E-state index contributed by atoms with van der Waals surface area (Å²) in [5.41, 5.74) is 2.67. The van der Waals surface area contributed by atoms with Crippen molar-refractivity contribution in [3.8, 4) is 11.8 Å². The largest absolute Gasteiger partial charge is 0.376 e. The molecule has 25 heavy (non-hydrogen) atoms. The van der Waals surface area contributed by atoms with Gasteiger partial charge in [-0.15, -0.1) is 6.58 Å². The van der Waals surface area contributed by atoms with Gasteiger partial charge < -0.3 is 4.74 Å². The van der Waals surface area contributed by atoms with Crippen LogP contribution in [0.15, 0.2) is 67.3 Å². The van der Waals surface area contributed by atoms with Gasteiger partial charge in [-0.25, -0.2) is 0 Å². The fraction of sp³-hybridized carbons (Fsp3) is 0.261. The van der Waals surface area contributed by atoms with E-state index in [-0.39, 0.29) is 5.78 Å². The number of benzene rings is 2. The third-order valence-electron chi connectivity index (χ3n) is 3.75. The highest BCUT2D eigenvalue weighted by Crippen LogP contribution is 2.12. The zero-order valence-corrected chi connectivity index (χ0v) is 14.5. The zero-order valence-electron chi connectivity index (χ0n) is 14.5. The fourth-order valence-electron chi connectivity index (χ4n) is 2.42. The number of hydrogen-bond acceptors (Lipinski definition) is 2. The summed E-state index contributed by atoms with van der Waals surface area (Å²) in [6.45, 7) is 4.87. The summed E-state index contributed by atoms with van der Waals surface area (Å²) in [7, 11) is 0. The second kappa shape index (κ2) is 11.0. The van der Waals surface area contributed by atoms with Crippen LogP contribution in [-0.4, -0.2) is 12.4 Å². The molecular formula is C23H24O2. The zero-order chi connectivity index (χ0) is 17.7. The molecule has 0 spiro atoms. The molecule has 0 atom stereocenters. The van der Waals surface area contributed by atoms with Gasteiger partial charge >= 0.3 is 0 Å². The lowest BCUT2D eigenvalue weighted by atomic mass is 10.00. The predicted octanol–water partition coefficient (Wildman–Crippen LogP) is 5.18. The Hall–Kier alpha value is -2.63. The lowest BCUT2D eigenvalue weighted by Crippen LogP contribution is -2.01. The Morgan fingerprint density at radius 1 is 1.08 bits per heavy atom. The van der Waals surface area contributed by atoms with E-state index in [4.69, 9.17) is 4.74 Å². The van der Waals surface area contributed by atoms with Gasteiger partial charge in [0.15, 0.2) is 5.78 Å². The molecule has 0 bridgehead atoms. The average Bonchev–Trinajstić information content (AvgIpc) is 2.66. The van der Waals surface area contributed by atoms with Crippen LogP contribution in [0.3, 0.4) is 0 Å². The molecule has 0 aliphatic heterocycles. The van der Waals surface area contributed by atoms with Gasteiger partial charge in [-0.05, 0) is 24.5 Å². The number of ketones is 1. The summed E-state index contributed by atoms with van der Waals surface area (Å²) >= 11 is 0. The first-order valence-electron chi connectivity index (χ1n) is 8.65. The molecule has 0 fully saturated rings. The molecule has 0 aliphatic rings. The molecule has 0 saturated heterocycles. The normalized spacial score (nSPS) is 9.92. The van der Waals surface area contributed by atoms with Gasteiger partial charge in [0.2, 0.25) is 0 Å². The number of rotatable bonds is 9. The van der Waals surface area contributed by atoms with E-state index in [1.807, 2.05) is 60.7 Å². The number of allylic oxidation sites excluding steroid dienone is 1. The number of carbonyl (C=O) groups is 1. The van der Waals surface area contributed by atoms with Crippen molar-refractivity contribution in [1.29, 1.82) is 0 Å². The number of unbranched alkanes of at least 4 members (excludes halogenated alkanes) is 1. The molecule has 128 valence electrons. The maximum atomic E-state index is 12.3. The minimum Gasteiger partial charge on any atom is -0.376 e. The SMILES string of the molecule is C=CCCCC(=O)c1ccccc1C#CCCOCc1ccccc1. The molecule has 2 nitrogen and oxygen atoms in total. The van der Waals surface area contributed by atoms with Crippen LogP contribution >= 0.6 is 0 Å². The van der Waals surface area contributed by atoms with Crippen LogP contribution in [0.25, 0.3) is 0 Å². The molecular weight excluding hydrogens is 308 g/mol. The second-order valence-electron chi connectivity index (χ2n) is 5.74. The molecule has 0 amide bonds. The van der Waals surface area contributed by atoms with Crippen LogP contribution in [-0.2, 0) is 11.3 Å². The first-order chi connectivity index (χ1) is 12.3. The van der Waals surface area contributed by atoms with Gasteiger partial charge in [0.1, 0.15) is 0 Å². The quantitative estimate of drug-likeness (QED) is 0.273. The van der Waals surface area contributed by atoms with Crippen LogP contribution in [0.1, 0.15) is 47.2 Å². The third-order valence-corrected chi connectivity index (χ3v) is 3.75. The summed E-state index contributed by atoms with van der Waals surface area (Å²) in [5.74, 6) is 6.36. The molecule has 0 aliphatic carbocycles. The van der Waals surface area contributed by atoms with E-state index in [1.54, 1.807) is 0 Å². The van der Waals surface area contributed by atoms with Gasteiger partial charge in [-0.2, -0.15) is 0 Å². The Labute approximate surface area is 150 Å². The maximum Gasteiger partial charge on any atom is 0.164 e. The molecule has 0 N–H and O–H groups in total. The maximum absolute atomic E-state index is 12.3. The van der Waals surface area contributed by atoms with E-state index >= 15 is 0 Å². The number of ether oxygens (including phenoxy) is 1. The second-order valence-corrected chi connectivity index (χ2v) is 5.74. The third kappa shape index (κ3) is 6.79. The first-order valence-corrected chi connectivity index (χ1v) is 8.65. The average molecular weight is 332 g/mol. The molecule has 2 aromatic rings. The Kier molecular flexibility index (Phi) is 8.24. The smallest absolute Gasteiger partial charge is 0.164 e. The van der Waals surface area contributed by atoms with Gasteiger partial charge in [0, 0.05) is 24.0 Å². The van der Waals surface area contributed by atoms with E-state index in [2.05, 4.69) is 18.4 Å². The number of Topliss-reactive ketones (excluding diaryl/α,β-unsaturated/α-hetero) is 1. The minimum absolute atomic E-state index is 0.145. The van der Waals surface area contributed by atoms with Gasteiger partial charge in [-0.1, -0.05) is 66.4 Å². The van der Waals surface area contributed by atoms with Gasteiger partial charge in [-0.3, -0.25) is 4.79 Å². The van der Waals surface area contributed by atoms with Crippen molar-refractivity contribution in [2.45, 2.75) is 32.3 Å². The topological polar surface area (TPSA) is 26.3 Å². The minimum atomic E-state index is 0.145. The Balaban J connectivity index is 1.83. The Morgan fingerprint density at radius 3 is 2.64 bits per heavy atom. The van der Waals surface area contributed by atoms with Crippen molar-refractivity contribution < 1.29 is 9.53 Å². The Bertz CT molecular complexity index is 735. The highest BCUT2D eigenvalue weighted by molar-refractivity contribution is 5.98. The van der Waals surface area contributed by atoms with E-state index < -0.39 is 0 Å². The van der Waals surface area contributed by atoms with Crippen molar-refractivity contribution in [1.82, 2.24) is 0 Å². The molecule has 0 heterocycles. The van der Waals surface area contributed by atoms with Crippen LogP contribution < -0.4 is 0 Å². The number of hydrogen-bond donors (Lipinski definition) is 0. The number of carbonyl (C=O) groups excluding carboxylic acids is 1. The van der Waals surface area contributed by atoms with Crippen molar-refractivity contribution >= 4 is 5.78 Å². The summed E-state index contributed by atoms with van der Waals surface area (Å²) in [6.07, 6.45) is 4.71. The Morgan fingerprint density at radius 2 is 1.84 bits per heavy atom. The van der Waals surface area contributed by atoms with Gasteiger partial charge in [0.05, 0.1) is 13.2 Å².